The maximum Gasteiger partial charge on any atom is 0.437 e. The molecule has 1 fully saturated rings. The highest BCUT2D eigenvalue weighted by molar-refractivity contribution is 5.75. The second-order valence-electron chi connectivity index (χ2n) is 4.42. The van der Waals surface area contributed by atoms with Crippen LogP contribution in [0.2, 0.25) is 0 Å². The van der Waals surface area contributed by atoms with E-state index in [1.165, 1.54) is 0 Å². The molecule has 1 aliphatic rings. The van der Waals surface area contributed by atoms with Crippen molar-refractivity contribution in [3.8, 4) is 0 Å². The van der Waals surface area contributed by atoms with Gasteiger partial charge in [-0.05, 0) is 12.8 Å². The smallest absolute Gasteiger partial charge is 0.437 e. The van der Waals surface area contributed by atoms with E-state index in [2.05, 4.69) is 4.74 Å². The first-order valence-electron chi connectivity index (χ1n) is 5.47. The average Bonchev–Trinajstić information content (AvgIpc) is 2.08. The Morgan fingerprint density at radius 1 is 1.05 bits per heavy atom. The highest BCUT2D eigenvalue weighted by atomic mass is 19.4. The molecule has 0 N–H and O–H groups in total. The van der Waals surface area contributed by atoms with Crippen molar-refractivity contribution >= 4 is 11.9 Å². The molecule has 0 atom stereocenters. The van der Waals surface area contributed by atoms with Gasteiger partial charge in [0.15, 0.2) is 0 Å². The lowest BCUT2D eigenvalue weighted by Gasteiger charge is -2.38. The van der Waals surface area contributed by atoms with Crippen molar-refractivity contribution in [1.82, 2.24) is 0 Å². The monoisotopic (exact) mass is 307 g/mol. The minimum Gasteiger partial charge on any atom is -0.550 e. The van der Waals surface area contributed by atoms with Gasteiger partial charge in [-0.3, -0.25) is 4.79 Å². The number of carboxylic acid groups (broad SMARTS) is 1. The van der Waals surface area contributed by atoms with Crippen LogP contribution in [0.3, 0.4) is 0 Å². The molecule has 1 aliphatic carbocycles. The van der Waals surface area contributed by atoms with Gasteiger partial charge in [-0.25, -0.2) is 0 Å². The van der Waals surface area contributed by atoms with Gasteiger partial charge in [0.05, 0.1) is 5.92 Å². The Balaban J connectivity index is 3.15. The maximum atomic E-state index is 12.7. The molecule has 1 rings (SSSR count). The molecule has 4 nitrogen and oxygen atoms in total. The molecule has 116 valence electrons. The van der Waals surface area contributed by atoms with Crippen LogP contribution in [-0.4, -0.2) is 29.9 Å². The van der Waals surface area contributed by atoms with E-state index in [-0.39, 0.29) is 12.8 Å². The van der Waals surface area contributed by atoms with Crippen LogP contribution in [-0.2, 0) is 14.3 Å². The van der Waals surface area contributed by atoms with Gasteiger partial charge in [0, 0.05) is 12.4 Å². The summed E-state index contributed by atoms with van der Waals surface area (Å²) in [7, 11) is 0. The number of ether oxygens (including phenoxy) is 1. The Labute approximate surface area is 108 Å². The molecule has 0 radical (unpaired) electrons. The molecule has 0 unspecified atom stereocenters. The van der Waals surface area contributed by atoms with Crippen LogP contribution in [0.15, 0.2) is 0 Å². The minimum atomic E-state index is -6.12. The zero-order chi connectivity index (χ0) is 15.8. The lowest BCUT2D eigenvalue weighted by Crippen LogP contribution is -2.62. The molecule has 0 aromatic heterocycles. The number of aliphatic carboxylic acids is 1. The van der Waals surface area contributed by atoms with Crippen LogP contribution < -0.4 is 5.11 Å². The third-order valence-electron chi connectivity index (χ3n) is 3.02. The Bertz CT molecular complexity index is 382. The summed E-state index contributed by atoms with van der Waals surface area (Å²) in [5.41, 5.74) is -5.08. The van der Waals surface area contributed by atoms with Crippen LogP contribution in [0.1, 0.15) is 25.7 Å². The summed E-state index contributed by atoms with van der Waals surface area (Å²) in [5, 5.41) is 10.2. The topological polar surface area (TPSA) is 66.4 Å². The number of esters is 1. The molecule has 0 aromatic carbocycles. The fraction of sp³-hybridized carbons (Fsp3) is 0.800. The van der Waals surface area contributed by atoms with E-state index in [0.29, 0.717) is 6.42 Å². The van der Waals surface area contributed by atoms with Crippen molar-refractivity contribution < 1.29 is 45.8 Å². The molecule has 0 aliphatic heterocycles. The van der Waals surface area contributed by atoms with Gasteiger partial charge >= 0.3 is 23.9 Å². The molecule has 0 bridgehead atoms. The zero-order valence-electron chi connectivity index (χ0n) is 9.81. The van der Waals surface area contributed by atoms with Crippen molar-refractivity contribution in [1.29, 1.82) is 0 Å². The number of hydrogen-bond acceptors (Lipinski definition) is 4. The summed E-state index contributed by atoms with van der Waals surface area (Å²) < 4.78 is 79.7. The van der Waals surface area contributed by atoms with Gasteiger partial charge in [0.1, 0.15) is 0 Å². The lowest BCUT2D eigenvalue weighted by molar-refractivity contribution is -0.381. The van der Waals surface area contributed by atoms with E-state index in [1.54, 1.807) is 0 Å². The van der Waals surface area contributed by atoms with Gasteiger partial charge in [0.25, 0.3) is 0 Å². The van der Waals surface area contributed by atoms with Crippen LogP contribution in [0.4, 0.5) is 26.3 Å². The number of carboxylic acids is 1. The number of hydrogen-bond donors (Lipinski definition) is 0. The predicted octanol–water partition coefficient (Wildman–Crippen LogP) is 1.33. The summed E-state index contributed by atoms with van der Waals surface area (Å²) in [6.07, 6.45) is -14.1. The van der Waals surface area contributed by atoms with E-state index in [0.717, 1.165) is 0 Å². The van der Waals surface area contributed by atoms with Crippen molar-refractivity contribution in [3.05, 3.63) is 0 Å². The second-order valence-corrected chi connectivity index (χ2v) is 4.42. The summed E-state index contributed by atoms with van der Waals surface area (Å²) in [4.78, 5) is 21.5. The minimum absolute atomic E-state index is 0.107. The number of alkyl halides is 6. The fourth-order valence-electron chi connectivity index (χ4n) is 1.62. The van der Waals surface area contributed by atoms with E-state index < -0.39 is 42.2 Å². The molecule has 0 amide bonds. The van der Waals surface area contributed by atoms with Crippen molar-refractivity contribution in [2.24, 2.45) is 5.92 Å². The number of halogens is 6. The highest BCUT2D eigenvalue weighted by Crippen LogP contribution is 2.49. The van der Waals surface area contributed by atoms with Crippen molar-refractivity contribution in [2.45, 2.75) is 43.6 Å². The quantitative estimate of drug-likeness (QED) is 0.580. The first-order chi connectivity index (χ1) is 8.91. The van der Waals surface area contributed by atoms with Crippen molar-refractivity contribution in [3.63, 3.8) is 0 Å². The zero-order valence-corrected chi connectivity index (χ0v) is 9.81. The van der Waals surface area contributed by atoms with Crippen LogP contribution in [0, 0.1) is 5.92 Å². The summed E-state index contributed by atoms with van der Waals surface area (Å²) >= 11 is 0. The molecule has 10 heteroatoms. The number of rotatable bonds is 4. The Kier molecular flexibility index (Phi) is 4.25. The van der Waals surface area contributed by atoms with Gasteiger partial charge in [0.2, 0.25) is 0 Å². The molecule has 0 heterocycles. The second kappa shape index (κ2) is 5.13. The average molecular weight is 307 g/mol. The Morgan fingerprint density at radius 3 is 1.75 bits per heavy atom. The summed E-state index contributed by atoms with van der Waals surface area (Å²) in [6, 6.07) is 0. The van der Waals surface area contributed by atoms with Gasteiger partial charge < -0.3 is 14.6 Å². The largest absolute Gasteiger partial charge is 0.550 e. The fourth-order valence-corrected chi connectivity index (χ4v) is 1.62. The van der Waals surface area contributed by atoms with E-state index in [9.17, 15) is 41.0 Å². The molecule has 1 saturated carbocycles. The first-order valence-corrected chi connectivity index (χ1v) is 5.47. The maximum absolute atomic E-state index is 12.7. The molecule has 0 saturated heterocycles. The number of carbonyl (C=O) groups excluding carboxylic acids is 2. The number of carbonyl (C=O) groups is 2. The van der Waals surface area contributed by atoms with Gasteiger partial charge in [-0.1, -0.05) is 6.42 Å². The van der Waals surface area contributed by atoms with Crippen LogP contribution >= 0.6 is 0 Å². The SMILES string of the molecule is O=C([O-])CC(OC(=O)C1CCC1)(C(F)(F)F)C(F)(F)F. The third-order valence-corrected chi connectivity index (χ3v) is 3.02. The normalized spacial score (nSPS) is 17.5. The molecular formula is C10H9F6O4-. The molecule has 0 spiro atoms. The highest BCUT2D eigenvalue weighted by Gasteiger charge is 2.74. The van der Waals surface area contributed by atoms with Gasteiger partial charge in [-0.15, -0.1) is 0 Å². The lowest BCUT2D eigenvalue weighted by atomic mass is 9.85. The molecule has 20 heavy (non-hydrogen) atoms. The van der Waals surface area contributed by atoms with E-state index in [1.807, 2.05) is 0 Å². The van der Waals surface area contributed by atoms with Crippen LogP contribution in [0.5, 0.6) is 0 Å². The standard InChI is InChI=1S/C10H10F6O4/c11-9(12,13)8(4-6(17)18,10(14,15)16)20-7(19)5-2-1-3-5/h5H,1-4H2,(H,17,18)/p-1. The molecular weight excluding hydrogens is 298 g/mol. The first kappa shape index (κ1) is 16.6. The van der Waals surface area contributed by atoms with Gasteiger partial charge in [-0.2, -0.15) is 26.3 Å². The Morgan fingerprint density at radius 2 is 1.50 bits per heavy atom. The third kappa shape index (κ3) is 2.98. The van der Waals surface area contributed by atoms with E-state index >= 15 is 0 Å². The predicted molar refractivity (Wildman–Crippen MR) is 47.9 cm³/mol. The summed E-state index contributed by atoms with van der Waals surface area (Å²) in [6.45, 7) is 0. The van der Waals surface area contributed by atoms with Crippen molar-refractivity contribution in [2.75, 3.05) is 0 Å². The Hall–Kier alpha value is -1.48. The molecule has 0 aromatic rings. The van der Waals surface area contributed by atoms with E-state index in [4.69, 9.17) is 0 Å². The summed E-state index contributed by atoms with van der Waals surface area (Å²) in [5.74, 6) is -5.39. The van der Waals surface area contributed by atoms with Crippen LogP contribution in [0.25, 0.3) is 0 Å².